The van der Waals surface area contributed by atoms with Gasteiger partial charge in [-0.05, 0) is 93.9 Å². The van der Waals surface area contributed by atoms with E-state index in [1.807, 2.05) is 11.3 Å². The van der Waals surface area contributed by atoms with Gasteiger partial charge in [0.05, 0.1) is 16.7 Å². The second kappa shape index (κ2) is 12.8. The second-order valence-corrected chi connectivity index (χ2v) is 16.3. The first-order valence-electron chi connectivity index (χ1n) is 19.7. The standard InChI is InChI=1S/C53H36N2OS/c1-3-12-33(13-4-1)37-15-11-16-39(30-37)44-32-48-50(43-20-9-10-21-47(43)57-48)52-51(44)54-53(56-52)36-24-22-34(23-25-36)38-26-28-42-46(31-38)55(40-17-5-2-6-18-40)45-29-27-35-14-7-8-19-41(35)49(42)45/h1-3,5-12,14-32,53-54H,4,13H2. The van der Waals surface area contributed by atoms with E-state index in [0.717, 1.165) is 35.5 Å². The number of nitrogens with one attached hydrogen (secondary N) is 1. The van der Waals surface area contributed by atoms with Crippen molar-refractivity contribution in [2.45, 2.75) is 19.1 Å². The molecule has 3 nitrogen and oxygen atoms in total. The predicted molar refractivity (Wildman–Crippen MR) is 242 cm³/mol. The Kier molecular flexibility index (Phi) is 7.29. The van der Waals surface area contributed by atoms with Crippen molar-refractivity contribution in [3.63, 3.8) is 0 Å². The first-order valence-corrected chi connectivity index (χ1v) is 20.6. The molecule has 0 spiro atoms. The van der Waals surface area contributed by atoms with Crippen LogP contribution in [0.15, 0.2) is 182 Å². The number of thiophene rings is 1. The van der Waals surface area contributed by atoms with Gasteiger partial charge in [0.2, 0.25) is 0 Å². The molecule has 0 bridgehead atoms. The highest BCUT2D eigenvalue weighted by Crippen LogP contribution is 2.53. The molecule has 2 aliphatic rings. The van der Waals surface area contributed by atoms with Crippen molar-refractivity contribution in [1.82, 2.24) is 4.57 Å². The Morgan fingerprint density at radius 3 is 2.26 bits per heavy atom. The summed E-state index contributed by atoms with van der Waals surface area (Å²) < 4.78 is 11.9. The molecule has 270 valence electrons. The van der Waals surface area contributed by atoms with Gasteiger partial charge in [0.1, 0.15) is 0 Å². The zero-order valence-corrected chi connectivity index (χ0v) is 31.9. The van der Waals surface area contributed by atoms with Crippen LogP contribution in [0, 0.1) is 0 Å². The van der Waals surface area contributed by atoms with Gasteiger partial charge in [-0.2, -0.15) is 0 Å². The van der Waals surface area contributed by atoms with E-state index in [4.69, 9.17) is 4.74 Å². The minimum absolute atomic E-state index is 0.317. The molecule has 1 atom stereocenters. The molecule has 2 aromatic heterocycles. The molecule has 3 heterocycles. The van der Waals surface area contributed by atoms with E-state index in [0.29, 0.717) is 0 Å². The average molecular weight is 749 g/mol. The van der Waals surface area contributed by atoms with Gasteiger partial charge >= 0.3 is 0 Å². The molecule has 0 saturated carbocycles. The summed E-state index contributed by atoms with van der Waals surface area (Å²) in [7, 11) is 0. The zero-order valence-electron chi connectivity index (χ0n) is 31.1. The number of fused-ring (bicyclic) bond motifs is 10. The quantitative estimate of drug-likeness (QED) is 0.190. The number of hydrogen-bond donors (Lipinski definition) is 1. The van der Waals surface area contributed by atoms with Crippen LogP contribution in [0.3, 0.4) is 0 Å². The van der Waals surface area contributed by atoms with Crippen LogP contribution >= 0.6 is 11.3 Å². The van der Waals surface area contributed by atoms with E-state index in [1.54, 1.807) is 0 Å². The Morgan fingerprint density at radius 2 is 1.39 bits per heavy atom. The molecular weight excluding hydrogens is 713 g/mol. The highest BCUT2D eigenvalue weighted by Gasteiger charge is 2.30. The van der Waals surface area contributed by atoms with Crippen LogP contribution < -0.4 is 10.1 Å². The Balaban J connectivity index is 0.943. The minimum Gasteiger partial charge on any atom is -0.464 e. The van der Waals surface area contributed by atoms with Crippen LogP contribution in [0.25, 0.3) is 86.3 Å². The number of aromatic nitrogens is 1. The van der Waals surface area contributed by atoms with Crippen molar-refractivity contribution < 1.29 is 4.74 Å². The molecule has 12 rings (SSSR count). The molecule has 57 heavy (non-hydrogen) atoms. The van der Waals surface area contributed by atoms with Crippen molar-refractivity contribution in [2.24, 2.45) is 0 Å². The van der Waals surface area contributed by atoms with E-state index in [1.165, 1.54) is 86.1 Å². The fraction of sp³-hybridized carbons (Fsp3) is 0.0566. The van der Waals surface area contributed by atoms with E-state index < -0.39 is 0 Å². The third-order valence-electron chi connectivity index (χ3n) is 11.9. The summed E-state index contributed by atoms with van der Waals surface area (Å²) in [5.74, 6) is 0.936. The van der Waals surface area contributed by atoms with Crippen molar-refractivity contribution in [2.75, 3.05) is 5.32 Å². The number of nitrogens with zero attached hydrogens (tertiary/aromatic N) is 1. The highest BCUT2D eigenvalue weighted by atomic mass is 32.1. The monoisotopic (exact) mass is 748 g/mol. The highest BCUT2D eigenvalue weighted by molar-refractivity contribution is 7.26. The largest absolute Gasteiger partial charge is 0.464 e. The molecule has 10 aromatic rings. The maximum Gasteiger partial charge on any atom is 0.196 e. The van der Waals surface area contributed by atoms with Gasteiger partial charge in [0.15, 0.2) is 12.0 Å². The van der Waals surface area contributed by atoms with Crippen molar-refractivity contribution in [1.29, 1.82) is 0 Å². The summed E-state index contributed by atoms with van der Waals surface area (Å²) >= 11 is 1.84. The van der Waals surface area contributed by atoms with Crippen LogP contribution in [0.1, 0.15) is 30.2 Å². The van der Waals surface area contributed by atoms with Crippen LogP contribution in [0.4, 0.5) is 5.69 Å². The van der Waals surface area contributed by atoms with Crippen LogP contribution in [-0.4, -0.2) is 4.57 Å². The number of para-hydroxylation sites is 1. The van der Waals surface area contributed by atoms with E-state index >= 15 is 0 Å². The maximum atomic E-state index is 6.99. The first kappa shape index (κ1) is 32.4. The molecule has 8 aromatic carbocycles. The number of ether oxygens (including phenoxy) is 1. The van der Waals surface area contributed by atoms with Crippen molar-refractivity contribution >= 4 is 75.3 Å². The Labute approximate surface area is 334 Å². The summed E-state index contributed by atoms with van der Waals surface area (Å²) in [4.78, 5) is 0. The molecule has 0 saturated heterocycles. The lowest BCUT2D eigenvalue weighted by molar-refractivity contribution is 0.263. The number of hydrogen-bond acceptors (Lipinski definition) is 3. The van der Waals surface area contributed by atoms with Gasteiger partial charge in [-0.3, -0.25) is 0 Å². The lowest BCUT2D eigenvalue weighted by Gasteiger charge is -2.14. The molecule has 0 amide bonds. The number of anilines is 1. The van der Waals surface area contributed by atoms with Crippen LogP contribution in [-0.2, 0) is 0 Å². The molecule has 1 aliphatic heterocycles. The Bertz CT molecular complexity index is 3290. The number of allylic oxidation sites excluding steroid dienone is 4. The van der Waals surface area contributed by atoms with E-state index in [9.17, 15) is 0 Å². The van der Waals surface area contributed by atoms with Gasteiger partial charge in [-0.1, -0.05) is 140 Å². The third kappa shape index (κ3) is 5.18. The normalized spacial score (nSPS) is 15.0. The van der Waals surface area contributed by atoms with Gasteiger partial charge in [-0.15, -0.1) is 11.3 Å². The maximum absolute atomic E-state index is 6.99. The summed E-state index contributed by atoms with van der Waals surface area (Å²) in [5.41, 5.74) is 13.1. The van der Waals surface area contributed by atoms with Gasteiger partial charge in [0, 0.05) is 47.8 Å². The SMILES string of the molecule is C1=CCCC(c2cccc(-c3cc4sc5ccccc5c4c4c3NC(c3ccc(-c5ccc6c7c8ccccc8ccc7n(-c7ccccc7)c6c5)cc3)O4)c2)=C1. The summed E-state index contributed by atoms with van der Waals surface area (Å²) in [6, 6.07) is 59.8. The smallest absolute Gasteiger partial charge is 0.196 e. The van der Waals surface area contributed by atoms with E-state index in [2.05, 4.69) is 192 Å². The Morgan fingerprint density at radius 1 is 0.579 bits per heavy atom. The third-order valence-corrected chi connectivity index (χ3v) is 13.0. The van der Waals surface area contributed by atoms with E-state index in [-0.39, 0.29) is 6.23 Å². The lowest BCUT2D eigenvalue weighted by atomic mass is 9.93. The summed E-state index contributed by atoms with van der Waals surface area (Å²) in [6.07, 6.45) is 8.51. The fourth-order valence-electron chi connectivity index (χ4n) is 9.17. The summed E-state index contributed by atoms with van der Waals surface area (Å²) in [6.45, 7) is 0. The molecular formula is C53H36N2OS. The van der Waals surface area contributed by atoms with Crippen molar-refractivity contribution in [3.8, 4) is 33.7 Å². The predicted octanol–water partition coefficient (Wildman–Crippen LogP) is 14.9. The minimum atomic E-state index is -0.317. The number of benzene rings is 8. The lowest BCUT2D eigenvalue weighted by Crippen LogP contribution is -2.10. The van der Waals surface area contributed by atoms with Crippen LogP contribution in [0.5, 0.6) is 5.75 Å². The van der Waals surface area contributed by atoms with Crippen LogP contribution in [0.2, 0.25) is 0 Å². The summed E-state index contributed by atoms with van der Waals surface area (Å²) in [5, 5.41) is 11.4. The first-order chi connectivity index (χ1) is 28.2. The topological polar surface area (TPSA) is 26.2 Å². The molecule has 1 aliphatic carbocycles. The Hall–Kier alpha value is -6.88. The van der Waals surface area contributed by atoms with Gasteiger partial charge in [0.25, 0.3) is 0 Å². The molecule has 1 unspecified atom stereocenters. The molecule has 0 fully saturated rings. The second-order valence-electron chi connectivity index (χ2n) is 15.2. The van der Waals surface area contributed by atoms with Gasteiger partial charge in [-0.25, -0.2) is 0 Å². The van der Waals surface area contributed by atoms with Crippen molar-refractivity contribution in [3.05, 3.63) is 193 Å². The molecule has 1 N–H and O–H groups in total. The average Bonchev–Trinajstić information content (AvgIpc) is 3.99. The number of rotatable bonds is 5. The molecule has 0 radical (unpaired) electrons. The van der Waals surface area contributed by atoms with Gasteiger partial charge < -0.3 is 14.6 Å². The zero-order chi connectivity index (χ0) is 37.5. The fourth-order valence-corrected chi connectivity index (χ4v) is 10.3. The molecule has 4 heteroatoms.